The third kappa shape index (κ3) is 4.06. The molecule has 1 atom stereocenters. The van der Waals surface area contributed by atoms with Gasteiger partial charge in [-0.1, -0.05) is 24.6 Å². The Kier molecular flexibility index (Phi) is 6.03. The van der Waals surface area contributed by atoms with Crippen LogP contribution in [0.3, 0.4) is 0 Å². The average Bonchev–Trinajstić information content (AvgIpc) is 3.10. The predicted octanol–water partition coefficient (Wildman–Crippen LogP) is 3.85. The molecule has 0 aliphatic carbocycles. The lowest BCUT2D eigenvalue weighted by Crippen LogP contribution is -2.48. The van der Waals surface area contributed by atoms with Gasteiger partial charge in [-0.15, -0.1) is 0 Å². The van der Waals surface area contributed by atoms with Gasteiger partial charge in [-0.3, -0.25) is 4.79 Å². The van der Waals surface area contributed by atoms with Crippen LogP contribution < -0.4 is 9.80 Å². The maximum Gasteiger partial charge on any atom is 0.243 e. The molecule has 0 spiro atoms. The van der Waals surface area contributed by atoms with E-state index in [4.69, 9.17) is 11.6 Å². The number of fused-ring (bicyclic) bond motifs is 1. The van der Waals surface area contributed by atoms with Crippen molar-refractivity contribution in [2.24, 2.45) is 0 Å². The molecule has 0 unspecified atom stereocenters. The second kappa shape index (κ2) is 8.45. The second-order valence-electron chi connectivity index (χ2n) is 8.28. The highest BCUT2D eigenvalue weighted by molar-refractivity contribution is 7.89. The van der Waals surface area contributed by atoms with Gasteiger partial charge in [0.25, 0.3) is 0 Å². The Morgan fingerprint density at radius 3 is 2.45 bits per heavy atom. The molecule has 0 bridgehead atoms. The minimum atomic E-state index is -3.59. The Morgan fingerprint density at radius 1 is 1.06 bits per heavy atom. The molecule has 2 aliphatic heterocycles. The zero-order valence-electron chi connectivity index (χ0n) is 18.1. The van der Waals surface area contributed by atoms with Crippen molar-refractivity contribution in [3.8, 4) is 0 Å². The molecule has 6 nitrogen and oxygen atoms in total. The number of sulfonamides is 1. The molecule has 31 heavy (non-hydrogen) atoms. The van der Waals surface area contributed by atoms with E-state index < -0.39 is 10.0 Å². The molecule has 1 fully saturated rings. The average molecular weight is 462 g/mol. The molecule has 1 amide bonds. The van der Waals surface area contributed by atoms with Crippen molar-refractivity contribution in [2.45, 2.75) is 44.6 Å². The zero-order chi connectivity index (χ0) is 22.3. The summed E-state index contributed by atoms with van der Waals surface area (Å²) in [6, 6.07) is 11.0. The summed E-state index contributed by atoms with van der Waals surface area (Å²) in [5.74, 6) is 0.0642. The van der Waals surface area contributed by atoms with Crippen LogP contribution in [-0.4, -0.2) is 50.9 Å². The number of aryl methyl sites for hydroxylation is 1. The van der Waals surface area contributed by atoms with Gasteiger partial charge in [0.05, 0.1) is 4.90 Å². The number of carbonyl (C=O) groups is 1. The molecule has 0 aromatic heterocycles. The molecule has 1 saturated heterocycles. The van der Waals surface area contributed by atoms with Crippen molar-refractivity contribution in [1.29, 1.82) is 0 Å². The summed E-state index contributed by atoms with van der Waals surface area (Å²) < 4.78 is 28.2. The van der Waals surface area contributed by atoms with E-state index in [0.717, 1.165) is 22.5 Å². The highest BCUT2D eigenvalue weighted by Gasteiger charge is 2.33. The van der Waals surface area contributed by atoms with Crippen LogP contribution in [0.25, 0.3) is 0 Å². The SMILES string of the molecule is CCC(=O)N1c2ccc(S(=O)(=O)N3CCN(c4cc(Cl)ccc4C)CC3)cc2C[C@@H]1C. The van der Waals surface area contributed by atoms with Gasteiger partial charge in [-0.2, -0.15) is 4.31 Å². The lowest BCUT2D eigenvalue weighted by molar-refractivity contribution is -0.118. The minimum Gasteiger partial charge on any atom is -0.369 e. The van der Waals surface area contributed by atoms with Gasteiger partial charge in [-0.25, -0.2) is 8.42 Å². The highest BCUT2D eigenvalue weighted by Crippen LogP contribution is 2.35. The lowest BCUT2D eigenvalue weighted by Gasteiger charge is -2.36. The van der Waals surface area contributed by atoms with E-state index in [1.165, 1.54) is 0 Å². The third-order valence-electron chi connectivity index (χ3n) is 6.23. The lowest BCUT2D eigenvalue weighted by atomic mass is 10.1. The van der Waals surface area contributed by atoms with Crippen molar-refractivity contribution in [3.05, 3.63) is 52.5 Å². The van der Waals surface area contributed by atoms with Gasteiger partial charge in [0.2, 0.25) is 15.9 Å². The van der Waals surface area contributed by atoms with Crippen LogP contribution >= 0.6 is 11.6 Å². The first-order valence-corrected chi connectivity index (χ1v) is 12.5. The molecule has 0 N–H and O–H groups in total. The summed E-state index contributed by atoms with van der Waals surface area (Å²) in [5, 5.41) is 0.679. The number of rotatable bonds is 4. The fourth-order valence-electron chi connectivity index (χ4n) is 4.56. The first kappa shape index (κ1) is 22.1. The number of anilines is 2. The largest absolute Gasteiger partial charge is 0.369 e. The summed E-state index contributed by atoms with van der Waals surface area (Å²) >= 11 is 6.16. The second-order valence-corrected chi connectivity index (χ2v) is 10.7. The smallest absolute Gasteiger partial charge is 0.243 e. The predicted molar refractivity (Wildman–Crippen MR) is 125 cm³/mol. The Balaban J connectivity index is 1.52. The van der Waals surface area contributed by atoms with E-state index in [2.05, 4.69) is 4.90 Å². The van der Waals surface area contributed by atoms with E-state index in [-0.39, 0.29) is 11.9 Å². The number of hydrogen-bond donors (Lipinski definition) is 0. The molecule has 0 saturated carbocycles. The van der Waals surface area contributed by atoms with Gasteiger partial charge in [0.15, 0.2) is 0 Å². The number of halogens is 1. The van der Waals surface area contributed by atoms with Crippen LogP contribution in [0.4, 0.5) is 11.4 Å². The van der Waals surface area contributed by atoms with Gasteiger partial charge in [0.1, 0.15) is 0 Å². The molecular weight excluding hydrogens is 434 g/mol. The zero-order valence-corrected chi connectivity index (χ0v) is 19.7. The van der Waals surface area contributed by atoms with Gasteiger partial charge >= 0.3 is 0 Å². The molecule has 2 heterocycles. The number of benzene rings is 2. The number of piperazine rings is 1. The van der Waals surface area contributed by atoms with Crippen LogP contribution in [0, 0.1) is 6.92 Å². The maximum absolute atomic E-state index is 13.3. The molecule has 0 radical (unpaired) electrons. The molecule has 2 aliphatic rings. The summed E-state index contributed by atoms with van der Waals surface area (Å²) in [5.41, 5.74) is 3.93. The number of amides is 1. The Morgan fingerprint density at radius 2 is 1.77 bits per heavy atom. The van der Waals surface area contributed by atoms with Gasteiger partial charge in [-0.05, 0) is 61.7 Å². The van der Waals surface area contributed by atoms with E-state index in [1.807, 2.05) is 39.0 Å². The van der Waals surface area contributed by atoms with E-state index in [0.29, 0.717) is 48.9 Å². The number of hydrogen-bond acceptors (Lipinski definition) is 4. The van der Waals surface area contributed by atoms with Crippen LogP contribution in [-0.2, 0) is 21.2 Å². The summed E-state index contributed by atoms with van der Waals surface area (Å²) in [6.45, 7) is 7.94. The quantitative estimate of drug-likeness (QED) is 0.693. The molecule has 4 rings (SSSR count). The van der Waals surface area contributed by atoms with E-state index in [9.17, 15) is 13.2 Å². The number of nitrogens with zero attached hydrogens (tertiary/aromatic N) is 3. The van der Waals surface area contributed by atoms with Crippen molar-refractivity contribution < 1.29 is 13.2 Å². The van der Waals surface area contributed by atoms with Gasteiger partial charge in [0, 0.05) is 55.0 Å². The summed E-state index contributed by atoms with van der Waals surface area (Å²) in [7, 11) is -3.59. The van der Waals surface area contributed by atoms with Crippen molar-refractivity contribution >= 4 is 38.9 Å². The van der Waals surface area contributed by atoms with Gasteiger partial charge < -0.3 is 9.80 Å². The highest BCUT2D eigenvalue weighted by atomic mass is 35.5. The first-order valence-electron chi connectivity index (χ1n) is 10.7. The van der Waals surface area contributed by atoms with Crippen molar-refractivity contribution in [2.75, 3.05) is 36.0 Å². The third-order valence-corrected chi connectivity index (χ3v) is 8.36. The van der Waals surface area contributed by atoms with Crippen LogP contribution in [0.5, 0.6) is 0 Å². The number of carbonyl (C=O) groups excluding carboxylic acids is 1. The van der Waals surface area contributed by atoms with Crippen LogP contribution in [0.1, 0.15) is 31.4 Å². The Hall–Kier alpha value is -2.09. The monoisotopic (exact) mass is 461 g/mol. The molecule has 2 aromatic rings. The summed E-state index contributed by atoms with van der Waals surface area (Å²) in [6.07, 6.45) is 1.10. The Labute approximate surface area is 189 Å². The molecule has 8 heteroatoms. The standard InChI is InChI=1S/C23H28ClN3O3S/c1-4-23(28)27-17(3)13-18-14-20(7-8-21(18)27)31(29,30)26-11-9-25(10-12-26)22-15-19(24)6-5-16(22)2/h5-8,14-15,17H,4,9-13H2,1-3H3/t17-/m0/s1. The molecular formula is C23H28ClN3O3S. The van der Waals surface area contributed by atoms with Crippen molar-refractivity contribution in [1.82, 2.24) is 4.31 Å². The summed E-state index contributed by atoms with van der Waals surface area (Å²) in [4.78, 5) is 16.6. The fourth-order valence-corrected chi connectivity index (χ4v) is 6.20. The first-order chi connectivity index (χ1) is 14.7. The maximum atomic E-state index is 13.3. The Bertz CT molecular complexity index is 1110. The van der Waals surface area contributed by atoms with Crippen LogP contribution in [0.2, 0.25) is 5.02 Å². The normalized spacial score (nSPS) is 19.5. The van der Waals surface area contributed by atoms with Crippen LogP contribution in [0.15, 0.2) is 41.3 Å². The topological polar surface area (TPSA) is 60.9 Å². The van der Waals surface area contributed by atoms with E-state index >= 15 is 0 Å². The molecule has 2 aromatic carbocycles. The van der Waals surface area contributed by atoms with E-state index in [1.54, 1.807) is 27.4 Å². The molecule has 166 valence electrons. The fraction of sp³-hybridized carbons (Fsp3) is 0.435. The van der Waals surface area contributed by atoms with Crippen molar-refractivity contribution in [3.63, 3.8) is 0 Å². The minimum absolute atomic E-state index is 0.0462.